The minimum absolute atomic E-state index is 0.185. The van der Waals surface area contributed by atoms with Crippen molar-refractivity contribution < 1.29 is 18.9 Å². The molecule has 152 valence electrons. The first kappa shape index (κ1) is 20.7. The fourth-order valence-electron chi connectivity index (χ4n) is 2.88. The smallest absolute Gasteiger partial charge is 0.263 e. The van der Waals surface area contributed by atoms with E-state index < -0.39 is 0 Å². The highest BCUT2D eigenvalue weighted by molar-refractivity contribution is 6.32. The second-order valence-corrected chi connectivity index (χ2v) is 6.96. The number of amides is 1. The molecule has 1 aromatic heterocycles. The Bertz CT molecular complexity index is 1010. The van der Waals surface area contributed by atoms with Gasteiger partial charge in [0, 0.05) is 10.6 Å². The number of hydrogen-bond acceptors (Lipinski definition) is 6. The summed E-state index contributed by atoms with van der Waals surface area (Å²) in [6.45, 7) is 8.03. The molecular weight excluding hydrogens is 394 g/mol. The molecule has 1 N–H and O–H groups in total. The van der Waals surface area contributed by atoms with Crippen molar-refractivity contribution in [2.45, 2.75) is 27.7 Å². The average molecular weight is 416 g/mol. The van der Waals surface area contributed by atoms with Crippen molar-refractivity contribution in [2.24, 2.45) is 0 Å². The molecule has 0 unspecified atom stereocenters. The van der Waals surface area contributed by atoms with Gasteiger partial charge in [-0.2, -0.15) is 0 Å². The lowest BCUT2D eigenvalue weighted by molar-refractivity contribution is -0.118. The monoisotopic (exact) mass is 415 g/mol. The van der Waals surface area contributed by atoms with E-state index in [1.54, 1.807) is 12.1 Å². The molecule has 1 heterocycles. The molecule has 0 radical (unpaired) electrons. The molecule has 2 aromatic carbocycles. The third kappa shape index (κ3) is 4.86. The number of nitrogens with one attached hydrogen (secondary N) is 1. The molecule has 29 heavy (non-hydrogen) atoms. The molecule has 0 aliphatic heterocycles. The number of nitrogens with zero attached hydrogens (tertiary/aromatic N) is 2. The van der Waals surface area contributed by atoms with E-state index in [0.717, 1.165) is 28.0 Å². The summed E-state index contributed by atoms with van der Waals surface area (Å²) in [6.07, 6.45) is 0. The van der Waals surface area contributed by atoms with E-state index in [1.807, 2.05) is 45.9 Å². The third-order valence-corrected chi connectivity index (χ3v) is 4.87. The van der Waals surface area contributed by atoms with Gasteiger partial charge in [-0.05, 0) is 85.0 Å². The Morgan fingerprint density at radius 3 is 2.45 bits per heavy atom. The number of aromatic nitrogens is 2. The Balaban J connectivity index is 1.68. The van der Waals surface area contributed by atoms with Crippen molar-refractivity contribution in [1.29, 1.82) is 0 Å². The molecule has 0 saturated heterocycles. The molecule has 0 saturated carbocycles. The van der Waals surface area contributed by atoms with E-state index in [9.17, 15) is 4.79 Å². The Morgan fingerprint density at radius 1 is 1.07 bits per heavy atom. The highest BCUT2D eigenvalue weighted by Gasteiger charge is 2.17. The van der Waals surface area contributed by atoms with Gasteiger partial charge in [0.25, 0.3) is 5.91 Å². The molecule has 0 bridgehead atoms. The molecule has 0 aliphatic carbocycles. The zero-order chi connectivity index (χ0) is 21.0. The van der Waals surface area contributed by atoms with E-state index in [1.165, 1.54) is 0 Å². The lowest BCUT2D eigenvalue weighted by Gasteiger charge is -2.10. The predicted octanol–water partition coefficient (Wildman–Crippen LogP) is 4.73. The third-order valence-electron chi connectivity index (χ3n) is 4.27. The Labute approximate surface area is 173 Å². The number of benzene rings is 2. The Morgan fingerprint density at radius 2 is 1.79 bits per heavy atom. The van der Waals surface area contributed by atoms with Crippen molar-refractivity contribution in [3.63, 3.8) is 0 Å². The fraction of sp³-hybridized carbons (Fsp3) is 0.286. The van der Waals surface area contributed by atoms with Crippen molar-refractivity contribution >= 4 is 23.3 Å². The largest absolute Gasteiger partial charge is 0.494 e. The van der Waals surface area contributed by atoms with Crippen LogP contribution in [0.15, 0.2) is 35.0 Å². The van der Waals surface area contributed by atoms with Crippen LogP contribution in [0.3, 0.4) is 0 Å². The maximum atomic E-state index is 12.3. The number of halogens is 1. The summed E-state index contributed by atoms with van der Waals surface area (Å²) in [5.41, 5.74) is 3.91. The van der Waals surface area contributed by atoms with Gasteiger partial charge in [0.2, 0.25) is 5.82 Å². The number of carbonyl (C=O) groups excluding carboxylic acids is 1. The normalized spacial score (nSPS) is 10.7. The van der Waals surface area contributed by atoms with Crippen LogP contribution in [0.2, 0.25) is 5.02 Å². The summed E-state index contributed by atoms with van der Waals surface area (Å²) in [6, 6.07) is 9.16. The summed E-state index contributed by atoms with van der Waals surface area (Å²) in [7, 11) is 0. The topological polar surface area (TPSA) is 86.5 Å². The van der Waals surface area contributed by atoms with E-state index in [0.29, 0.717) is 23.1 Å². The van der Waals surface area contributed by atoms with Crippen LogP contribution in [0.25, 0.3) is 11.3 Å². The van der Waals surface area contributed by atoms with Crippen molar-refractivity contribution in [2.75, 3.05) is 18.5 Å². The van der Waals surface area contributed by atoms with Crippen LogP contribution < -0.4 is 14.8 Å². The number of ether oxygens (including phenoxy) is 2. The zero-order valence-corrected chi connectivity index (χ0v) is 17.5. The highest BCUT2D eigenvalue weighted by Crippen LogP contribution is 2.29. The van der Waals surface area contributed by atoms with Crippen LogP contribution in [-0.2, 0) is 4.79 Å². The van der Waals surface area contributed by atoms with Crippen LogP contribution >= 0.6 is 11.6 Å². The Hall–Kier alpha value is -3.06. The average Bonchev–Trinajstić information content (AvgIpc) is 3.14. The summed E-state index contributed by atoms with van der Waals surface area (Å²) < 4.78 is 15.9. The minimum Gasteiger partial charge on any atom is -0.494 e. The molecule has 7 nitrogen and oxygen atoms in total. The highest BCUT2D eigenvalue weighted by atomic mass is 35.5. The van der Waals surface area contributed by atoms with Crippen LogP contribution in [0.1, 0.15) is 23.6 Å². The van der Waals surface area contributed by atoms with Gasteiger partial charge in [-0.15, -0.1) is 0 Å². The van der Waals surface area contributed by atoms with Crippen LogP contribution in [-0.4, -0.2) is 29.4 Å². The fourth-order valence-corrected chi connectivity index (χ4v) is 2.99. The van der Waals surface area contributed by atoms with Gasteiger partial charge in [0.05, 0.1) is 6.61 Å². The van der Waals surface area contributed by atoms with Crippen molar-refractivity contribution in [3.8, 4) is 22.8 Å². The molecule has 0 atom stereocenters. The zero-order valence-electron chi connectivity index (χ0n) is 16.7. The number of rotatable bonds is 7. The van der Waals surface area contributed by atoms with E-state index in [2.05, 4.69) is 15.6 Å². The van der Waals surface area contributed by atoms with Gasteiger partial charge in [0.15, 0.2) is 12.3 Å². The Kier molecular flexibility index (Phi) is 6.39. The number of hydrogen-bond donors (Lipinski definition) is 1. The summed E-state index contributed by atoms with van der Waals surface area (Å²) in [5.74, 6) is 1.21. The molecule has 1 amide bonds. The van der Waals surface area contributed by atoms with Gasteiger partial charge in [-0.25, -0.2) is 4.63 Å². The SMILES string of the molecule is CCOc1ccc(-c2nonc2NC(=O)COc2cc(C)c(Cl)c(C)c2)cc1C. The summed E-state index contributed by atoms with van der Waals surface area (Å²) in [5, 5.41) is 11.1. The van der Waals surface area contributed by atoms with Gasteiger partial charge in [0.1, 0.15) is 11.5 Å². The lowest BCUT2D eigenvalue weighted by atomic mass is 10.1. The molecule has 0 fully saturated rings. The number of aryl methyl sites for hydroxylation is 3. The van der Waals surface area contributed by atoms with Crippen LogP contribution in [0.5, 0.6) is 11.5 Å². The predicted molar refractivity (Wildman–Crippen MR) is 111 cm³/mol. The molecule has 3 aromatic rings. The maximum absolute atomic E-state index is 12.3. The first-order valence-corrected chi connectivity index (χ1v) is 9.52. The molecule has 0 aliphatic rings. The van der Waals surface area contributed by atoms with Crippen LogP contribution in [0, 0.1) is 20.8 Å². The number of anilines is 1. The first-order valence-electron chi connectivity index (χ1n) is 9.14. The van der Waals surface area contributed by atoms with Crippen LogP contribution in [0.4, 0.5) is 5.82 Å². The first-order chi connectivity index (χ1) is 13.9. The molecule has 3 rings (SSSR count). The second kappa shape index (κ2) is 8.96. The van der Waals surface area contributed by atoms with E-state index >= 15 is 0 Å². The van der Waals surface area contributed by atoms with Crippen molar-refractivity contribution in [3.05, 3.63) is 52.0 Å². The van der Waals surface area contributed by atoms with Crippen molar-refractivity contribution in [1.82, 2.24) is 10.3 Å². The van der Waals surface area contributed by atoms with E-state index in [4.69, 9.17) is 25.7 Å². The molecule has 8 heteroatoms. The summed E-state index contributed by atoms with van der Waals surface area (Å²) in [4.78, 5) is 12.3. The molecular formula is C21H22ClN3O4. The van der Waals surface area contributed by atoms with Gasteiger partial charge >= 0.3 is 0 Å². The molecule has 0 spiro atoms. The summed E-state index contributed by atoms with van der Waals surface area (Å²) >= 11 is 6.15. The van der Waals surface area contributed by atoms with Gasteiger partial charge < -0.3 is 14.8 Å². The van der Waals surface area contributed by atoms with E-state index in [-0.39, 0.29) is 18.3 Å². The standard InChI is InChI=1S/C21H22ClN3O4/c1-5-27-17-7-6-15(8-12(17)2)20-21(25-29-24-20)23-18(26)11-28-16-9-13(3)19(22)14(4)10-16/h6-10H,5,11H2,1-4H3,(H,23,25,26). The van der Waals surface area contributed by atoms with Gasteiger partial charge in [-0.1, -0.05) is 11.6 Å². The number of carbonyl (C=O) groups is 1. The quantitative estimate of drug-likeness (QED) is 0.600. The lowest BCUT2D eigenvalue weighted by Crippen LogP contribution is -2.20. The minimum atomic E-state index is -0.380. The van der Waals surface area contributed by atoms with Gasteiger partial charge in [-0.3, -0.25) is 4.79 Å². The second-order valence-electron chi connectivity index (χ2n) is 6.58. The maximum Gasteiger partial charge on any atom is 0.263 e.